The van der Waals surface area contributed by atoms with Crippen molar-refractivity contribution in [2.45, 2.75) is 18.7 Å². The molecule has 160 valence electrons. The van der Waals surface area contributed by atoms with Crippen LogP contribution < -0.4 is 10.0 Å². The molecule has 0 bridgehead atoms. The molecule has 0 radical (unpaired) electrons. The van der Waals surface area contributed by atoms with Crippen LogP contribution in [-0.4, -0.2) is 19.2 Å². The largest absolute Gasteiger partial charge is 0.322 e. The molecule has 31 heavy (non-hydrogen) atoms. The fraction of sp³-hybridized carbons (Fsp3) is 0.0952. The highest BCUT2D eigenvalue weighted by atomic mass is 32.2. The Morgan fingerprint density at radius 2 is 1.58 bits per heavy atom. The van der Waals surface area contributed by atoms with E-state index < -0.39 is 32.4 Å². The lowest BCUT2D eigenvalue weighted by Gasteiger charge is -2.11. The van der Waals surface area contributed by atoms with E-state index in [1.54, 1.807) is 18.2 Å². The first-order valence-electron chi connectivity index (χ1n) is 9.02. The molecule has 3 rings (SSSR count). The van der Waals surface area contributed by atoms with E-state index in [1.807, 2.05) is 13.8 Å². The molecule has 0 aliphatic rings. The molecule has 3 aromatic rings. The van der Waals surface area contributed by atoms with Gasteiger partial charge in [0, 0.05) is 23.0 Å². The second-order valence-corrected chi connectivity index (χ2v) is 8.49. The van der Waals surface area contributed by atoms with Crippen LogP contribution in [-0.2, 0) is 10.0 Å². The van der Waals surface area contributed by atoms with E-state index in [1.165, 1.54) is 30.3 Å². The van der Waals surface area contributed by atoms with E-state index in [0.717, 1.165) is 23.3 Å². The molecule has 0 aromatic heterocycles. The number of hydrogen-bond acceptors (Lipinski definition) is 5. The van der Waals surface area contributed by atoms with Gasteiger partial charge in [0.05, 0.1) is 9.82 Å². The maximum atomic E-state index is 13.4. The Hall–Kier alpha value is -3.79. The summed E-state index contributed by atoms with van der Waals surface area (Å²) in [7, 11) is -3.86. The molecule has 0 atom stereocenters. The maximum absolute atomic E-state index is 13.4. The molecular weight excluding hydrogens is 425 g/mol. The third-order valence-electron chi connectivity index (χ3n) is 4.59. The van der Waals surface area contributed by atoms with Gasteiger partial charge >= 0.3 is 5.69 Å². The summed E-state index contributed by atoms with van der Waals surface area (Å²) >= 11 is 0. The number of nitro benzene ring substituents is 1. The van der Waals surface area contributed by atoms with Crippen LogP contribution in [0.2, 0.25) is 0 Å². The van der Waals surface area contributed by atoms with Gasteiger partial charge in [0.25, 0.3) is 15.9 Å². The standard InChI is InChI=1S/C21H18FN3O5S/c1-13-3-6-17(11-14(13)2)24-31(29,30)18-8-4-15(5-9-18)21(26)23-16-7-10-19(22)20(12-16)25(27)28/h3-12,24H,1-2H3,(H,23,26). The molecule has 0 saturated heterocycles. The number of nitrogens with one attached hydrogen (secondary N) is 2. The average molecular weight is 443 g/mol. The Bertz CT molecular complexity index is 1270. The molecule has 1 amide bonds. The van der Waals surface area contributed by atoms with Crippen molar-refractivity contribution >= 4 is 33.0 Å². The minimum absolute atomic E-state index is 0.0335. The van der Waals surface area contributed by atoms with Crippen molar-refractivity contribution in [3.63, 3.8) is 0 Å². The Balaban J connectivity index is 1.76. The van der Waals surface area contributed by atoms with Gasteiger partial charge in [-0.2, -0.15) is 4.39 Å². The molecule has 8 nitrogen and oxygen atoms in total. The van der Waals surface area contributed by atoms with Crippen molar-refractivity contribution in [3.8, 4) is 0 Å². The van der Waals surface area contributed by atoms with E-state index >= 15 is 0 Å². The predicted octanol–water partition coefficient (Wildman–Crippen LogP) is 4.40. The molecule has 0 fully saturated rings. The van der Waals surface area contributed by atoms with Gasteiger partial charge in [0.15, 0.2) is 0 Å². The lowest BCUT2D eigenvalue weighted by atomic mass is 10.1. The molecule has 3 aromatic carbocycles. The summed E-state index contributed by atoms with van der Waals surface area (Å²) in [5.41, 5.74) is 1.78. The third-order valence-corrected chi connectivity index (χ3v) is 5.98. The summed E-state index contributed by atoms with van der Waals surface area (Å²) in [5.74, 6) is -1.65. The number of sulfonamides is 1. The smallest absolute Gasteiger partial charge is 0.306 e. The van der Waals surface area contributed by atoms with Gasteiger partial charge in [0.2, 0.25) is 5.82 Å². The second kappa shape index (κ2) is 8.52. The summed E-state index contributed by atoms with van der Waals surface area (Å²) in [6.45, 7) is 3.79. The fourth-order valence-corrected chi connectivity index (χ4v) is 3.79. The number of nitrogens with zero attached hydrogens (tertiary/aromatic N) is 1. The Morgan fingerprint density at radius 1 is 0.935 bits per heavy atom. The minimum Gasteiger partial charge on any atom is -0.322 e. The number of hydrogen-bond donors (Lipinski definition) is 2. The number of carbonyl (C=O) groups is 1. The number of amides is 1. The predicted molar refractivity (Wildman–Crippen MR) is 114 cm³/mol. The topological polar surface area (TPSA) is 118 Å². The molecule has 0 aliphatic carbocycles. The zero-order valence-electron chi connectivity index (χ0n) is 16.5. The Labute approximate surface area is 177 Å². The normalized spacial score (nSPS) is 11.1. The zero-order valence-corrected chi connectivity index (χ0v) is 17.4. The molecule has 10 heteroatoms. The summed E-state index contributed by atoms with van der Waals surface area (Å²) in [5, 5.41) is 13.2. The summed E-state index contributed by atoms with van der Waals surface area (Å²) in [6.07, 6.45) is 0. The molecule has 0 saturated carbocycles. The number of carbonyl (C=O) groups excluding carboxylic acids is 1. The highest BCUT2D eigenvalue weighted by Gasteiger charge is 2.18. The Kier molecular flexibility index (Phi) is 6.02. The van der Waals surface area contributed by atoms with Crippen LogP contribution in [0.5, 0.6) is 0 Å². The number of anilines is 2. The van der Waals surface area contributed by atoms with E-state index in [2.05, 4.69) is 10.0 Å². The van der Waals surface area contributed by atoms with E-state index in [9.17, 15) is 27.7 Å². The monoisotopic (exact) mass is 443 g/mol. The first-order valence-corrected chi connectivity index (χ1v) is 10.5. The van der Waals surface area contributed by atoms with Gasteiger partial charge in [-0.1, -0.05) is 6.07 Å². The summed E-state index contributed by atoms with van der Waals surface area (Å²) < 4.78 is 41.1. The van der Waals surface area contributed by atoms with Crippen LogP contribution in [0.15, 0.2) is 65.6 Å². The molecule has 0 aliphatic heterocycles. The van der Waals surface area contributed by atoms with Crippen molar-refractivity contribution in [2.75, 3.05) is 10.0 Å². The third kappa shape index (κ3) is 5.04. The average Bonchev–Trinajstić information content (AvgIpc) is 2.72. The van der Waals surface area contributed by atoms with Gasteiger partial charge < -0.3 is 5.32 Å². The van der Waals surface area contributed by atoms with Crippen molar-refractivity contribution in [1.29, 1.82) is 0 Å². The van der Waals surface area contributed by atoms with Crippen LogP contribution in [0.4, 0.5) is 21.5 Å². The van der Waals surface area contributed by atoms with Crippen LogP contribution >= 0.6 is 0 Å². The number of aryl methyl sites for hydroxylation is 2. The first kappa shape index (κ1) is 21.9. The van der Waals surface area contributed by atoms with Gasteiger partial charge in [0.1, 0.15) is 0 Å². The minimum atomic E-state index is -3.86. The van der Waals surface area contributed by atoms with Crippen molar-refractivity contribution in [2.24, 2.45) is 0 Å². The maximum Gasteiger partial charge on any atom is 0.306 e. The SMILES string of the molecule is Cc1ccc(NS(=O)(=O)c2ccc(C(=O)Nc3ccc(F)c([N+](=O)[O-])c3)cc2)cc1C. The van der Waals surface area contributed by atoms with Crippen molar-refractivity contribution in [1.82, 2.24) is 0 Å². The summed E-state index contributed by atoms with van der Waals surface area (Å²) in [6, 6.07) is 13.3. The fourth-order valence-electron chi connectivity index (χ4n) is 2.74. The molecule has 2 N–H and O–H groups in total. The van der Waals surface area contributed by atoms with Gasteiger partial charge in [-0.15, -0.1) is 0 Å². The van der Waals surface area contributed by atoms with Gasteiger partial charge in [-0.25, -0.2) is 8.42 Å². The van der Waals surface area contributed by atoms with Crippen LogP contribution in [0.1, 0.15) is 21.5 Å². The van der Waals surface area contributed by atoms with Crippen LogP contribution in [0.25, 0.3) is 0 Å². The quantitative estimate of drug-likeness (QED) is 0.432. The van der Waals surface area contributed by atoms with Crippen LogP contribution in [0.3, 0.4) is 0 Å². The highest BCUT2D eigenvalue weighted by Crippen LogP contribution is 2.23. The molecular formula is C21H18FN3O5S. The summed E-state index contributed by atoms with van der Waals surface area (Å²) in [4.78, 5) is 22.2. The van der Waals surface area contributed by atoms with Gasteiger partial charge in [-0.05, 0) is 73.5 Å². The number of benzene rings is 3. The van der Waals surface area contributed by atoms with E-state index in [-0.39, 0.29) is 16.1 Å². The molecule has 0 unspecified atom stereocenters. The highest BCUT2D eigenvalue weighted by molar-refractivity contribution is 7.92. The first-order chi connectivity index (χ1) is 14.6. The van der Waals surface area contributed by atoms with Crippen LogP contribution in [0, 0.1) is 29.8 Å². The Morgan fingerprint density at radius 3 is 2.19 bits per heavy atom. The van der Waals surface area contributed by atoms with E-state index in [0.29, 0.717) is 5.69 Å². The lowest BCUT2D eigenvalue weighted by Crippen LogP contribution is -2.15. The van der Waals surface area contributed by atoms with E-state index in [4.69, 9.17) is 0 Å². The van der Waals surface area contributed by atoms with Crippen molar-refractivity contribution in [3.05, 3.63) is 93.3 Å². The number of halogens is 1. The second-order valence-electron chi connectivity index (χ2n) is 6.81. The van der Waals surface area contributed by atoms with Gasteiger partial charge in [-0.3, -0.25) is 19.6 Å². The number of nitro groups is 1. The number of rotatable bonds is 6. The molecule has 0 heterocycles. The van der Waals surface area contributed by atoms with Crippen molar-refractivity contribution < 1.29 is 22.5 Å². The lowest BCUT2D eigenvalue weighted by molar-refractivity contribution is -0.387. The zero-order chi connectivity index (χ0) is 22.8. The molecule has 0 spiro atoms.